The number of aliphatic hydroxyl groups is 1. The molecule has 2 heterocycles. The maximum Gasteiger partial charge on any atom is 0.0650 e. The molecule has 0 spiro atoms. The van der Waals surface area contributed by atoms with Crippen LogP contribution in [0.2, 0.25) is 0 Å². The Morgan fingerprint density at radius 3 is 2.73 bits per heavy atom. The Morgan fingerprint density at radius 2 is 2.04 bits per heavy atom. The van der Waals surface area contributed by atoms with Gasteiger partial charge in [0.2, 0.25) is 0 Å². The summed E-state index contributed by atoms with van der Waals surface area (Å²) in [5.41, 5.74) is 3.71. The van der Waals surface area contributed by atoms with Crippen LogP contribution in [0.25, 0.3) is 0 Å². The predicted molar refractivity (Wildman–Crippen MR) is 105 cm³/mol. The Hall–Kier alpha value is -1.69. The van der Waals surface area contributed by atoms with Gasteiger partial charge in [0.15, 0.2) is 0 Å². The molecule has 1 aromatic heterocycles. The van der Waals surface area contributed by atoms with Gasteiger partial charge in [0.1, 0.15) is 0 Å². The SMILES string of the molecule is CC(C)c1cc(CN2CCN(CCc3ccccc3)[C@H](CCO)C2)[nH]n1. The van der Waals surface area contributed by atoms with Crippen LogP contribution in [0.5, 0.6) is 0 Å². The van der Waals surface area contributed by atoms with Gasteiger partial charge < -0.3 is 5.11 Å². The second-order valence-corrected chi connectivity index (χ2v) is 7.65. The Kier molecular flexibility index (Phi) is 6.83. The standard InChI is InChI=1S/C21H32N4O/c1-17(2)21-14-19(22-23-21)15-24-11-12-25(20(16-24)9-13-26)10-8-18-6-4-3-5-7-18/h3-7,14,17,20,26H,8-13,15-16H2,1-2H3,(H,22,23)/t20-/m1/s1. The van der Waals surface area contributed by atoms with Crippen LogP contribution in [0.15, 0.2) is 36.4 Å². The molecule has 1 fully saturated rings. The van der Waals surface area contributed by atoms with E-state index in [0.29, 0.717) is 12.0 Å². The first-order valence-electron chi connectivity index (χ1n) is 9.81. The number of rotatable bonds is 8. The lowest BCUT2D eigenvalue weighted by molar-refractivity contribution is 0.0556. The molecule has 0 aliphatic carbocycles. The molecule has 5 nitrogen and oxygen atoms in total. The average Bonchev–Trinajstić information content (AvgIpc) is 3.11. The Morgan fingerprint density at radius 1 is 1.23 bits per heavy atom. The van der Waals surface area contributed by atoms with Crippen LogP contribution >= 0.6 is 0 Å². The van der Waals surface area contributed by atoms with E-state index in [9.17, 15) is 5.11 Å². The van der Waals surface area contributed by atoms with Crippen molar-refractivity contribution in [2.45, 2.75) is 45.2 Å². The summed E-state index contributed by atoms with van der Waals surface area (Å²) in [5, 5.41) is 17.1. The lowest BCUT2D eigenvalue weighted by Gasteiger charge is -2.41. The van der Waals surface area contributed by atoms with Gasteiger partial charge in [0.25, 0.3) is 0 Å². The topological polar surface area (TPSA) is 55.4 Å². The first-order chi connectivity index (χ1) is 12.7. The number of nitrogens with zero attached hydrogens (tertiary/aromatic N) is 3. The molecule has 1 aliphatic rings. The molecule has 0 radical (unpaired) electrons. The molecule has 1 atom stereocenters. The molecule has 0 saturated carbocycles. The zero-order chi connectivity index (χ0) is 18.4. The van der Waals surface area contributed by atoms with Gasteiger partial charge in [-0.1, -0.05) is 44.2 Å². The van der Waals surface area contributed by atoms with Crippen molar-refractivity contribution in [3.63, 3.8) is 0 Å². The van der Waals surface area contributed by atoms with E-state index in [4.69, 9.17) is 0 Å². The fourth-order valence-electron chi connectivity index (χ4n) is 3.73. The first kappa shape index (κ1) is 19.1. The fourth-order valence-corrected chi connectivity index (χ4v) is 3.73. The van der Waals surface area contributed by atoms with Gasteiger partial charge in [0, 0.05) is 51.1 Å². The van der Waals surface area contributed by atoms with Gasteiger partial charge >= 0.3 is 0 Å². The smallest absolute Gasteiger partial charge is 0.0650 e. The highest BCUT2D eigenvalue weighted by Gasteiger charge is 2.26. The molecule has 2 N–H and O–H groups in total. The minimum atomic E-state index is 0.252. The van der Waals surface area contributed by atoms with Crippen LogP contribution in [0.1, 0.15) is 43.1 Å². The Labute approximate surface area is 157 Å². The highest BCUT2D eigenvalue weighted by atomic mass is 16.3. The van der Waals surface area contributed by atoms with Crippen molar-refractivity contribution >= 4 is 0 Å². The van der Waals surface area contributed by atoms with Crippen LogP contribution in [0.3, 0.4) is 0 Å². The second-order valence-electron chi connectivity index (χ2n) is 7.65. The summed E-state index contributed by atoms with van der Waals surface area (Å²) in [6.45, 7) is 9.69. The maximum atomic E-state index is 9.50. The van der Waals surface area contributed by atoms with Gasteiger partial charge in [-0.05, 0) is 30.4 Å². The minimum absolute atomic E-state index is 0.252. The molecule has 5 heteroatoms. The maximum absolute atomic E-state index is 9.50. The van der Waals surface area contributed by atoms with E-state index >= 15 is 0 Å². The summed E-state index contributed by atoms with van der Waals surface area (Å²) in [6.07, 6.45) is 1.91. The number of aliphatic hydroxyl groups excluding tert-OH is 1. The van der Waals surface area contributed by atoms with Crippen molar-refractivity contribution in [2.24, 2.45) is 0 Å². The lowest BCUT2D eigenvalue weighted by atomic mass is 10.1. The molecule has 3 rings (SSSR count). The number of aromatic amines is 1. The summed E-state index contributed by atoms with van der Waals surface area (Å²) in [5.74, 6) is 0.456. The molecule has 1 saturated heterocycles. The normalized spacial score (nSPS) is 19.3. The lowest BCUT2D eigenvalue weighted by Crippen LogP contribution is -2.53. The molecule has 1 aromatic carbocycles. The third-order valence-electron chi connectivity index (χ3n) is 5.32. The molecule has 142 valence electrons. The number of H-pyrrole nitrogens is 1. The summed E-state index contributed by atoms with van der Waals surface area (Å²) in [7, 11) is 0. The van der Waals surface area contributed by atoms with E-state index < -0.39 is 0 Å². The van der Waals surface area contributed by atoms with Gasteiger partial charge in [-0.2, -0.15) is 5.10 Å². The summed E-state index contributed by atoms with van der Waals surface area (Å²) in [6, 6.07) is 13.3. The average molecular weight is 357 g/mol. The van der Waals surface area contributed by atoms with Crippen molar-refractivity contribution in [3.8, 4) is 0 Å². The summed E-state index contributed by atoms with van der Waals surface area (Å²) < 4.78 is 0. The molecule has 0 amide bonds. The Bertz CT molecular complexity index is 655. The summed E-state index contributed by atoms with van der Waals surface area (Å²) >= 11 is 0. The molecule has 0 bridgehead atoms. The molecule has 0 unspecified atom stereocenters. The van der Waals surface area contributed by atoms with Crippen LogP contribution in [0, 0.1) is 0 Å². The van der Waals surface area contributed by atoms with Crippen molar-refractivity contribution in [2.75, 3.05) is 32.8 Å². The monoisotopic (exact) mass is 356 g/mol. The van der Waals surface area contributed by atoms with E-state index in [-0.39, 0.29) is 6.61 Å². The van der Waals surface area contributed by atoms with Crippen LogP contribution < -0.4 is 0 Å². The number of benzene rings is 1. The van der Waals surface area contributed by atoms with E-state index in [1.54, 1.807) is 0 Å². The number of piperazine rings is 1. The molecule has 1 aliphatic heterocycles. The van der Waals surface area contributed by atoms with Crippen LogP contribution in [-0.4, -0.2) is 63.9 Å². The molecular formula is C21H32N4O. The minimum Gasteiger partial charge on any atom is -0.396 e. The van der Waals surface area contributed by atoms with Crippen molar-refractivity contribution in [3.05, 3.63) is 53.3 Å². The second kappa shape index (κ2) is 9.31. The number of aromatic nitrogens is 2. The summed E-state index contributed by atoms with van der Waals surface area (Å²) in [4.78, 5) is 5.03. The van der Waals surface area contributed by atoms with E-state index in [0.717, 1.165) is 51.3 Å². The third kappa shape index (κ3) is 5.16. The fraction of sp³-hybridized carbons (Fsp3) is 0.571. The van der Waals surface area contributed by atoms with E-state index in [1.165, 1.54) is 11.3 Å². The van der Waals surface area contributed by atoms with Crippen LogP contribution in [-0.2, 0) is 13.0 Å². The highest BCUT2D eigenvalue weighted by Crippen LogP contribution is 2.18. The predicted octanol–water partition coefficient (Wildman–Crippen LogP) is 2.64. The van der Waals surface area contributed by atoms with Crippen molar-refractivity contribution < 1.29 is 5.11 Å². The van der Waals surface area contributed by atoms with E-state index in [1.807, 2.05) is 0 Å². The third-order valence-corrected chi connectivity index (χ3v) is 5.32. The van der Waals surface area contributed by atoms with Crippen molar-refractivity contribution in [1.82, 2.24) is 20.0 Å². The number of hydrogen-bond donors (Lipinski definition) is 2. The first-order valence-corrected chi connectivity index (χ1v) is 9.81. The number of nitrogens with one attached hydrogen (secondary N) is 1. The van der Waals surface area contributed by atoms with Crippen molar-refractivity contribution in [1.29, 1.82) is 0 Å². The quantitative estimate of drug-likeness (QED) is 0.763. The van der Waals surface area contributed by atoms with Gasteiger partial charge in [0.05, 0.1) is 5.69 Å². The molecule has 26 heavy (non-hydrogen) atoms. The van der Waals surface area contributed by atoms with Crippen LogP contribution in [0.4, 0.5) is 0 Å². The highest BCUT2D eigenvalue weighted by molar-refractivity contribution is 5.15. The number of hydrogen-bond acceptors (Lipinski definition) is 4. The largest absolute Gasteiger partial charge is 0.396 e. The van der Waals surface area contributed by atoms with Gasteiger partial charge in [-0.3, -0.25) is 14.9 Å². The zero-order valence-corrected chi connectivity index (χ0v) is 16.1. The van der Waals surface area contributed by atoms with Gasteiger partial charge in [-0.15, -0.1) is 0 Å². The zero-order valence-electron chi connectivity index (χ0n) is 16.1. The molecule has 2 aromatic rings. The van der Waals surface area contributed by atoms with Gasteiger partial charge in [-0.25, -0.2) is 0 Å². The Balaban J connectivity index is 1.54. The van der Waals surface area contributed by atoms with E-state index in [2.05, 4.69) is 70.2 Å². The molecular weight excluding hydrogens is 324 g/mol.